The van der Waals surface area contributed by atoms with Crippen molar-refractivity contribution in [1.29, 1.82) is 0 Å². The van der Waals surface area contributed by atoms with E-state index < -0.39 is 0 Å². The lowest BCUT2D eigenvalue weighted by molar-refractivity contribution is -0.116. The summed E-state index contributed by atoms with van der Waals surface area (Å²) in [7, 11) is 0. The minimum Gasteiger partial charge on any atom is -0.328 e. The number of carbonyl (C=O) groups is 1. The molecule has 2 aromatic heterocycles. The molecule has 0 aromatic carbocycles. The molecule has 1 amide bonds. The van der Waals surface area contributed by atoms with Crippen molar-refractivity contribution < 1.29 is 4.79 Å². The zero-order valence-electron chi connectivity index (χ0n) is 12.2. The highest BCUT2D eigenvalue weighted by Gasteiger charge is 2.06. The number of nitrogens with two attached hydrogens (primary N) is 1. The molecule has 0 spiro atoms. The number of hydrogen-bond donors (Lipinski definition) is 2. The number of nitrogens with one attached hydrogen (secondary N) is 1. The molecule has 0 saturated heterocycles. The lowest BCUT2D eigenvalue weighted by atomic mass is 10.2. The Bertz CT molecular complexity index is 564. The number of amides is 1. The summed E-state index contributed by atoms with van der Waals surface area (Å²) in [5, 5.41) is 7.11. The fourth-order valence-corrected chi connectivity index (χ4v) is 1.91. The van der Waals surface area contributed by atoms with Gasteiger partial charge in [0.25, 0.3) is 0 Å². The van der Waals surface area contributed by atoms with Gasteiger partial charge in [0, 0.05) is 43.7 Å². The van der Waals surface area contributed by atoms with Gasteiger partial charge in [0.2, 0.25) is 5.91 Å². The van der Waals surface area contributed by atoms with Crippen LogP contribution in [0.1, 0.15) is 25.3 Å². The minimum atomic E-state index is -0.0494. The van der Waals surface area contributed by atoms with E-state index in [-0.39, 0.29) is 11.9 Å². The lowest BCUT2D eigenvalue weighted by Crippen LogP contribution is -2.19. The normalized spacial score (nSPS) is 12.1. The lowest BCUT2D eigenvalue weighted by Gasteiger charge is -2.05. The first kappa shape index (κ1) is 15.2. The van der Waals surface area contributed by atoms with Gasteiger partial charge in [0.05, 0.1) is 0 Å². The summed E-state index contributed by atoms with van der Waals surface area (Å²) in [6, 6.07) is 5.81. The fourth-order valence-electron chi connectivity index (χ4n) is 1.91. The summed E-state index contributed by atoms with van der Waals surface area (Å²) < 4.78 is 1.82. The van der Waals surface area contributed by atoms with Gasteiger partial charge in [-0.2, -0.15) is 5.10 Å². The van der Waals surface area contributed by atoms with Crippen LogP contribution in [0.15, 0.2) is 36.8 Å². The Balaban J connectivity index is 1.80. The molecule has 112 valence electrons. The van der Waals surface area contributed by atoms with Crippen molar-refractivity contribution in [1.82, 2.24) is 14.8 Å². The first-order chi connectivity index (χ1) is 10.1. The maximum absolute atomic E-state index is 11.7. The topological polar surface area (TPSA) is 85.8 Å². The molecular formula is C15H21N5O. The highest BCUT2D eigenvalue weighted by atomic mass is 16.1. The Labute approximate surface area is 124 Å². The second kappa shape index (κ2) is 7.54. The van der Waals surface area contributed by atoms with Crippen LogP contribution in [-0.2, 0) is 17.8 Å². The van der Waals surface area contributed by atoms with E-state index in [0.717, 1.165) is 13.0 Å². The standard InChI is InChI=1S/C15H21N5O/c1-12(16)2-3-15(21)18-14-7-11-20(19-14)10-6-13-4-8-17-9-5-13/h4-5,7-9,11-12H,2-3,6,10,16H2,1H3,(H,18,19,21). The average Bonchev–Trinajstić information content (AvgIpc) is 2.91. The third-order valence-corrected chi connectivity index (χ3v) is 3.11. The van der Waals surface area contributed by atoms with Crippen LogP contribution in [0.25, 0.3) is 0 Å². The molecule has 1 atom stereocenters. The second-order valence-corrected chi connectivity index (χ2v) is 5.13. The molecule has 1 unspecified atom stereocenters. The maximum Gasteiger partial charge on any atom is 0.225 e. The van der Waals surface area contributed by atoms with Crippen LogP contribution >= 0.6 is 0 Å². The highest BCUT2D eigenvalue weighted by molar-refractivity contribution is 5.89. The summed E-state index contributed by atoms with van der Waals surface area (Å²) in [5.41, 5.74) is 6.84. The molecule has 21 heavy (non-hydrogen) atoms. The molecule has 2 heterocycles. The predicted molar refractivity (Wildman–Crippen MR) is 81.7 cm³/mol. The first-order valence-corrected chi connectivity index (χ1v) is 7.11. The zero-order valence-corrected chi connectivity index (χ0v) is 12.2. The molecule has 0 fully saturated rings. The van der Waals surface area contributed by atoms with Gasteiger partial charge in [0.1, 0.15) is 0 Å². The van der Waals surface area contributed by atoms with Crippen molar-refractivity contribution in [2.45, 2.75) is 38.8 Å². The van der Waals surface area contributed by atoms with Crippen LogP contribution in [-0.4, -0.2) is 26.7 Å². The zero-order chi connectivity index (χ0) is 15.1. The summed E-state index contributed by atoms with van der Waals surface area (Å²) in [6.07, 6.45) is 7.39. The van der Waals surface area contributed by atoms with Crippen LogP contribution in [0.4, 0.5) is 5.82 Å². The van der Waals surface area contributed by atoms with Crippen LogP contribution in [0.5, 0.6) is 0 Å². The van der Waals surface area contributed by atoms with Crippen molar-refractivity contribution in [2.24, 2.45) is 5.73 Å². The number of aromatic nitrogens is 3. The summed E-state index contributed by atoms with van der Waals surface area (Å²) in [6.45, 7) is 2.65. The van der Waals surface area contributed by atoms with Crippen LogP contribution in [0.3, 0.4) is 0 Å². The molecule has 6 heteroatoms. The third kappa shape index (κ3) is 5.35. The largest absolute Gasteiger partial charge is 0.328 e. The number of carbonyl (C=O) groups excluding carboxylic acids is 1. The van der Waals surface area contributed by atoms with E-state index in [1.165, 1.54) is 5.56 Å². The SMILES string of the molecule is CC(N)CCC(=O)Nc1ccn(CCc2ccncc2)n1. The van der Waals surface area contributed by atoms with Gasteiger partial charge in [-0.1, -0.05) is 0 Å². The maximum atomic E-state index is 11.7. The van der Waals surface area contributed by atoms with Gasteiger partial charge in [-0.25, -0.2) is 0 Å². The van der Waals surface area contributed by atoms with E-state index in [1.807, 2.05) is 29.9 Å². The van der Waals surface area contributed by atoms with Crippen LogP contribution in [0.2, 0.25) is 0 Å². The molecule has 0 aliphatic heterocycles. The van der Waals surface area contributed by atoms with Gasteiger partial charge >= 0.3 is 0 Å². The van der Waals surface area contributed by atoms with Crippen LogP contribution in [0, 0.1) is 0 Å². The molecule has 0 bridgehead atoms. The molecular weight excluding hydrogens is 266 g/mol. The molecule has 0 aliphatic carbocycles. The highest BCUT2D eigenvalue weighted by Crippen LogP contribution is 2.06. The van der Waals surface area contributed by atoms with Crippen molar-refractivity contribution in [3.8, 4) is 0 Å². The van der Waals surface area contributed by atoms with Crippen molar-refractivity contribution >= 4 is 11.7 Å². The Morgan fingerprint density at radius 3 is 2.86 bits per heavy atom. The Hall–Kier alpha value is -2.21. The first-order valence-electron chi connectivity index (χ1n) is 7.11. The number of hydrogen-bond acceptors (Lipinski definition) is 4. The van der Waals surface area contributed by atoms with Gasteiger partial charge in [0.15, 0.2) is 5.82 Å². The fraction of sp³-hybridized carbons (Fsp3) is 0.400. The summed E-state index contributed by atoms with van der Waals surface area (Å²) in [5.74, 6) is 0.533. The van der Waals surface area contributed by atoms with E-state index in [2.05, 4.69) is 15.4 Å². The molecule has 6 nitrogen and oxygen atoms in total. The van der Waals surface area contributed by atoms with Crippen molar-refractivity contribution in [2.75, 3.05) is 5.32 Å². The summed E-state index contributed by atoms with van der Waals surface area (Å²) >= 11 is 0. The van der Waals surface area contributed by atoms with E-state index >= 15 is 0 Å². The number of anilines is 1. The smallest absolute Gasteiger partial charge is 0.225 e. The molecule has 0 aliphatic rings. The van der Waals surface area contributed by atoms with Crippen molar-refractivity contribution in [3.05, 3.63) is 42.4 Å². The van der Waals surface area contributed by atoms with E-state index in [9.17, 15) is 4.79 Å². The number of nitrogens with zero attached hydrogens (tertiary/aromatic N) is 3. The quantitative estimate of drug-likeness (QED) is 0.809. The van der Waals surface area contributed by atoms with E-state index in [0.29, 0.717) is 18.7 Å². The molecule has 0 saturated carbocycles. The van der Waals surface area contributed by atoms with E-state index in [4.69, 9.17) is 5.73 Å². The van der Waals surface area contributed by atoms with Gasteiger partial charge < -0.3 is 11.1 Å². The Morgan fingerprint density at radius 1 is 1.38 bits per heavy atom. The Kier molecular flexibility index (Phi) is 5.45. The van der Waals surface area contributed by atoms with Gasteiger partial charge in [-0.15, -0.1) is 0 Å². The molecule has 2 aromatic rings. The Morgan fingerprint density at radius 2 is 2.14 bits per heavy atom. The monoisotopic (exact) mass is 287 g/mol. The summed E-state index contributed by atoms with van der Waals surface area (Å²) in [4.78, 5) is 15.7. The second-order valence-electron chi connectivity index (χ2n) is 5.13. The number of rotatable bonds is 7. The molecule has 2 rings (SSSR count). The van der Waals surface area contributed by atoms with E-state index in [1.54, 1.807) is 18.5 Å². The number of pyridine rings is 1. The predicted octanol–water partition coefficient (Wildman–Crippen LogP) is 1.59. The minimum absolute atomic E-state index is 0.0358. The van der Waals surface area contributed by atoms with Gasteiger partial charge in [-0.05, 0) is 37.5 Å². The average molecular weight is 287 g/mol. The molecule has 0 radical (unpaired) electrons. The third-order valence-electron chi connectivity index (χ3n) is 3.11. The van der Waals surface area contributed by atoms with Crippen LogP contribution < -0.4 is 11.1 Å². The number of aryl methyl sites for hydroxylation is 2. The van der Waals surface area contributed by atoms with Crippen molar-refractivity contribution in [3.63, 3.8) is 0 Å². The molecule has 3 N–H and O–H groups in total. The van der Waals surface area contributed by atoms with Gasteiger partial charge in [-0.3, -0.25) is 14.5 Å².